The van der Waals surface area contributed by atoms with Gasteiger partial charge in [-0.05, 0) is 0 Å². The summed E-state index contributed by atoms with van der Waals surface area (Å²) in [6.45, 7) is 20.9. The molecule has 44 heavy (non-hydrogen) atoms. The van der Waals surface area contributed by atoms with E-state index in [0.29, 0.717) is 17.8 Å². The summed E-state index contributed by atoms with van der Waals surface area (Å²) in [5, 5.41) is 3.00. The summed E-state index contributed by atoms with van der Waals surface area (Å²) in [7, 11) is 15.4. The minimum atomic E-state index is -4.09. The molecule has 4 aromatic carbocycles. The van der Waals surface area contributed by atoms with Crippen molar-refractivity contribution in [2.45, 2.75) is 83.7 Å². The van der Waals surface area contributed by atoms with E-state index in [9.17, 15) is 0 Å². The fourth-order valence-corrected chi connectivity index (χ4v) is 24.5. The summed E-state index contributed by atoms with van der Waals surface area (Å²) >= 11 is -4.09. The van der Waals surface area contributed by atoms with Gasteiger partial charge in [-0.15, -0.1) is 0 Å². The van der Waals surface area contributed by atoms with Crippen LogP contribution in [0.5, 0.6) is 0 Å². The van der Waals surface area contributed by atoms with Crippen molar-refractivity contribution in [1.82, 2.24) is 0 Å². The number of fused-ring (bicyclic) bond motifs is 4. The van der Waals surface area contributed by atoms with Crippen LogP contribution in [0.2, 0.25) is 0 Å². The van der Waals surface area contributed by atoms with Crippen molar-refractivity contribution in [1.29, 1.82) is 0 Å². The quantitative estimate of drug-likeness (QED) is 0.154. The van der Waals surface area contributed by atoms with Gasteiger partial charge in [-0.1, -0.05) is 0 Å². The third-order valence-corrected chi connectivity index (χ3v) is 24.1. The number of hydrogen-bond donors (Lipinski definition) is 0. The predicted octanol–water partition coefficient (Wildman–Crippen LogP) is 10.1. The molecule has 0 spiro atoms. The van der Waals surface area contributed by atoms with Crippen LogP contribution >= 0.6 is 17.0 Å². The fraction of sp³-hybridized carbons (Fsp3) is 0.350. The van der Waals surface area contributed by atoms with Crippen LogP contribution in [-0.4, -0.2) is 9.52 Å². The molecule has 1 atom stereocenters. The molecule has 1 heterocycles. The summed E-state index contributed by atoms with van der Waals surface area (Å²) in [6, 6.07) is 27.8. The number of hydrogen-bond acceptors (Lipinski definition) is 0. The summed E-state index contributed by atoms with van der Waals surface area (Å²) in [5.74, 6) is 1.32. The second kappa shape index (κ2) is 11.8. The molecule has 0 radical (unpaired) electrons. The molecular formula is C40H46Cl2SiZr. The van der Waals surface area contributed by atoms with Gasteiger partial charge in [0.25, 0.3) is 0 Å². The second-order valence-electron chi connectivity index (χ2n) is 15.0. The van der Waals surface area contributed by atoms with Crippen LogP contribution in [0.4, 0.5) is 0 Å². The Morgan fingerprint density at radius 2 is 1.36 bits per heavy atom. The molecule has 0 nitrogen and oxygen atoms in total. The molecule has 0 saturated carbocycles. The van der Waals surface area contributed by atoms with Crippen molar-refractivity contribution in [3.63, 3.8) is 0 Å². The van der Waals surface area contributed by atoms with Gasteiger partial charge in [0.05, 0.1) is 0 Å². The average Bonchev–Trinajstić information content (AvgIpc) is 3.55. The van der Waals surface area contributed by atoms with Gasteiger partial charge in [0.15, 0.2) is 0 Å². The van der Waals surface area contributed by atoms with E-state index in [1.807, 2.05) is 0 Å². The SMILES string of the molecule is CC(C)c1cc(-c2c(C(C)C)ccc3c2C=C(C(C)(C)C)[CH]3[Zr]([Cl])([Cl])[c]2cccc3c2[SiH2]c2ccccc2-3)cc(C(C)C)c1. The van der Waals surface area contributed by atoms with Gasteiger partial charge in [-0.25, -0.2) is 0 Å². The van der Waals surface area contributed by atoms with Gasteiger partial charge in [0.1, 0.15) is 0 Å². The van der Waals surface area contributed by atoms with Crippen LogP contribution in [-0.2, 0) is 17.9 Å². The number of allylic oxidation sites excluding steroid dienone is 1. The van der Waals surface area contributed by atoms with E-state index in [2.05, 4.69) is 141 Å². The number of benzene rings is 4. The van der Waals surface area contributed by atoms with Crippen LogP contribution in [0.25, 0.3) is 28.3 Å². The zero-order chi connectivity index (χ0) is 31.7. The van der Waals surface area contributed by atoms with E-state index in [0.717, 1.165) is 0 Å². The molecule has 4 aromatic rings. The van der Waals surface area contributed by atoms with Crippen LogP contribution in [0, 0.1) is 5.41 Å². The van der Waals surface area contributed by atoms with Crippen molar-refractivity contribution in [3.8, 4) is 22.3 Å². The molecule has 2 aliphatic rings. The summed E-state index contributed by atoms with van der Waals surface area (Å²) < 4.78 is 1.36. The van der Waals surface area contributed by atoms with E-state index in [1.165, 1.54) is 69.3 Å². The third-order valence-electron chi connectivity index (χ3n) is 9.89. The first-order valence-corrected chi connectivity index (χ1v) is 26.7. The molecule has 0 bridgehead atoms. The molecule has 0 aromatic heterocycles. The molecule has 1 aliphatic carbocycles. The third kappa shape index (κ3) is 5.51. The molecule has 0 amide bonds. The van der Waals surface area contributed by atoms with E-state index >= 15 is 0 Å². The molecule has 1 aliphatic heterocycles. The fourth-order valence-electron chi connectivity index (χ4n) is 7.42. The molecule has 0 fully saturated rings. The van der Waals surface area contributed by atoms with Crippen molar-refractivity contribution in [2.24, 2.45) is 5.41 Å². The number of halogens is 2. The molecule has 228 valence electrons. The predicted molar refractivity (Wildman–Crippen MR) is 195 cm³/mol. The van der Waals surface area contributed by atoms with E-state index in [4.69, 9.17) is 17.0 Å². The zero-order valence-electron chi connectivity index (χ0n) is 27.8. The molecule has 1 unspecified atom stereocenters. The van der Waals surface area contributed by atoms with Gasteiger partial charge in [0, 0.05) is 0 Å². The Morgan fingerprint density at radius 3 is 1.98 bits per heavy atom. The van der Waals surface area contributed by atoms with Crippen LogP contribution < -0.4 is 13.6 Å². The van der Waals surface area contributed by atoms with Gasteiger partial charge in [0.2, 0.25) is 0 Å². The van der Waals surface area contributed by atoms with Gasteiger partial charge in [-0.3, -0.25) is 0 Å². The maximum absolute atomic E-state index is 8.01. The molecule has 0 saturated heterocycles. The topological polar surface area (TPSA) is 0 Å². The Kier molecular flexibility index (Phi) is 8.67. The standard InChI is InChI=1S/C28H37.C12H9Si.2ClH.Zr/c1-17(2)21-12-22(18(3)4)14-23(13-21)27-25(19(5)6)11-10-20-15-24(16-26(20)27)28(7,8)9;1-3-7-11-9(5-1)10-6-2-4-8-12(10)13-11;;;/h10-19H,1-9H3;1-7H,13H2;2*1H;/q;;;;+2/p-2. The first-order chi connectivity index (χ1) is 20.7. The maximum atomic E-state index is 8.01. The van der Waals surface area contributed by atoms with Gasteiger partial charge < -0.3 is 0 Å². The average molecular weight is 717 g/mol. The van der Waals surface area contributed by atoms with E-state index < -0.39 is 27.4 Å². The van der Waals surface area contributed by atoms with Crippen LogP contribution in [0.15, 0.2) is 78.4 Å². The molecule has 0 N–H and O–H groups in total. The minimum absolute atomic E-state index is 0.0599. The van der Waals surface area contributed by atoms with Gasteiger partial charge in [-0.2, -0.15) is 0 Å². The van der Waals surface area contributed by atoms with Crippen molar-refractivity contribution >= 4 is 46.3 Å². The monoisotopic (exact) mass is 714 g/mol. The van der Waals surface area contributed by atoms with Crippen LogP contribution in [0.1, 0.15) is 112 Å². The van der Waals surface area contributed by atoms with Crippen molar-refractivity contribution in [3.05, 3.63) is 106 Å². The normalized spacial score (nSPS) is 16.6. The summed E-state index contributed by atoms with van der Waals surface area (Å²) in [5.41, 5.74) is 13.7. The van der Waals surface area contributed by atoms with E-state index in [1.54, 1.807) is 0 Å². The Hall–Kier alpha value is -1.70. The van der Waals surface area contributed by atoms with Crippen molar-refractivity contribution < 1.29 is 17.9 Å². The molecule has 6 rings (SSSR count). The summed E-state index contributed by atoms with van der Waals surface area (Å²) in [4.78, 5) is 0. The van der Waals surface area contributed by atoms with Crippen molar-refractivity contribution in [2.75, 3.05) is 0 Å². The molecular weight excluding hydrogens is 671 g/mol. The second-order valence-corrected chi connectivity index (χ2v) is 30.8. The van der Waals surface area contributed by atoms with Crippen LogP contribution in [0.3, 0.4) is 0 Å². The Bertz CT molecular complexity index is 1760. The Labute approximate surface area is 279 Å². The van der Waals surface area contributed by atoms with Gasteiger partial charge >= 0.3 is 282 Å². The first-order valence-electron chi connectivity index (χ1n) is 16.3. The summed E-state index contributed by atoms with van der Waals surface area (Å²) in [6.07, 6.45) is 2.50. The first kappa shape index (κ1) is 32.2. The molecule has 4 heteroatoms. The zero-order valence-corrected chi connectivity index (χ0v) is 33.2. The number of rotatable bonds is 6. The Balaban J connectivity index is 1.60. The van der Waals surface area contributed by atoms with E-state index in [-0.39, 0.29) is 9.04 Å². The Morgan fingerprint density at radius 1 is 0.727 bits per heavy atom.